The van der Waals surface area contributed by atoms with Crippen LogP contribution in [0.15, 0.2) is 54.6 Å². The number of aryl methyl sites for hydroxylation is 1. The summed E-state index contributed by atoms with van der Waals surface area (Å²) >= 11 is 0. The van der Waals surface area contributed by atoms with Crippen LogP contribution >= 0.6 is 0 Å². The van der Waals surface area contributed by atoms with E-state index >= 15 is 0 Å². The molecule has 5 heteroatoms. The molecule has 0 radical (unpaired) electrons. The highest BCUT2D eigenvalue weighted by Gasteiger charge is 2.34. The summed E-state index contributed by atoms with van der Waals surface area (Å²) in [5.41, 5.74) is 3.96. The molecule has 0 atom stereocenters. The van der Waals surface area contributed by atoms with Crippen LogP contribution in [0, 0.1) is 6.92 Å². The Hall–Kier alpha value is -3.18. The van der Waals surface area contributed by atoms with Gasteiger partial charge in [0.1, 0.15) is 0 Å². The van der Waals surface area contributed by atoms with Gasteiger partial charge in [-0.15, -0.1) is 0 Å². The van der Waals surface area contributed by atoms with Gasteiger partial charge in [-0.1, -0.05) is 29.8 Å². The number of rotatable bonds is 2. The highest BCUT2D eigenvalue weighted by atomic mass is 16.2. The van der Waals surface area contributed by atoms with Crippen LogP contribution in [-0.4, -0.2) is 38.0 Å². The second-order valence-corrected chi connectivity index (χ2v) is 7.38. The van der Waals surface area contributed by atoms with Crippen LogP contribution in [0.3, 0.4) is 0 Å². The van der Waals surface area contributed by atoms with Crippen molar-refractivity contribution >= 4 is 34.0 Å². The van der Waals surface area contributed by atoms with Crippen molar-refractivity contribution in [3.05, 3.63) is 71.3 Å². The second kappa shape index (κ2) is 6.46. The quantitative estimate of drug-likeness (QED) is 0.702. The summed E-state index contributed by atoms with van der Waals surface area (Å²) < 4.78 is 0. The standard InChI is InChI=1S/C23H21N3O2/c1-15-5-7-16(8-6-15)26-22(27)18-4-2-3-17-20(25-13-11-24-12-14-25)10-9-19(21(17)18)23(26)28/h2-10,24H,11-14H2,1H3. The summed E-state index contributed by atoms with van der Waals surface area (Å²) in [5.74, 6) is -0.520. The molecule has 3 aromatic rings. The van der Waals surface area contributed by atoms with Gasteiger partial charge in [0.15, 0.2) is 0 Å². The molecule has 1 saturated heterocycles. The summed E-state index contributed by atoms with van der Waals surface area (Å²) in [5, 5.41) is 5.11. The lowest BCUT2D eigenvalue weighted by atomic mass is 9.92. The number of hydrogen-bond donors (Lipinski definition) is 1. The first kappa shape index (κ1) is 17.0. The van der Waals surface area contributed by atoms with Gasteiger partial charge in [0.05, 0.1) is 5.69 Å². The van der Waals surface area contributed by atoms with Crippen molar-refractivity contribution < 1.29 is 9.59 Å². The largest absolute Gasteiger partial charge is 0.368 e. The minimum atomic E-state index is -0.260. The molecular weight excluding hydrogens is 350 g/mol. The third-order valence-electron chi connectivity index (χ3n) is 5.63. The van der Waals surface area contributed by atoms with Crippen LogP contribution in [0.2, 0.25) is 0 Å². The molecule has 1 N–H and O–H groups in total. The van der Waals surface area contributed by atoms with Crippen molar-refractivity contribution in [2.75, 3.05) is 36.0 Å². The van der Waals surface area contributed by atoms with Gasteiger partial charge < -0.3 is 10.2 Å². The highest BCUT2D eigenvalue weighted by molar-refractivity contribution is 6.36. The molecule has 0 saturated carbocycles. The first-order chi connectivity index (χ1) is 13.6. The fourth-order valence-electron chi connectivity index (χ4n) is 4.19. The van der Waals surface area contributed by atoms with E-state index in [-0.39, 0.29) is 11.8 Å². The molecule has 2 aliphatic rings. The molecule has 0 unspecified atom stereocenters. The fourth-order valence-corrected chi connectivity index (χ4v) is 4.19. The SMILES string of the molecule is Cc1ccc(N2C(=O)c3cccc4c(N5CCNCC5)ccc(c34)C2=O)cc1. The zero-order valence-electron chi connectivity index (χ0n) is 15.7. The lowest BCUT2D eigenvalue weighted by Gasteiger charge is -2.32. The van der Waals surface area contributed by atoms with Crippen LogP contribution in [0.1, 0.15) is 26.3 Å². The zero-order chi connectivity index (χ0) is 19.3. The van der Waals surface area contributed by atoms with Gasteiger partial charge in [-0.25, -0.2) is 4.90 Å². The zero-order valence-corrected chi connectivity index (χ0v) is 15.7. The lowest BCUT2D eigenvalue weighted by Crippen LogP contribution is -2.44. The number of piperazine rings is 1. The number of carbonyl (C=O) groups is 2. The number of carbonyl (C=O) groups excluding carboxylic acids is 2. The smallest absolute Gasteiger partial charge is 0.265 e. The number of nitrogens with zero attached hydrogens (tertiary/aromatic N) is 2. The van der Waals surface area contributed by atoms with E-state index in [0.29, 0.717) is 16.8 Å². The van der Waals surface area contributed by atoms with Crippen molar-refractivity contribution in [2.24, 2.45) is 0 Å². The Labute approximate surface area is 163 Å². The molecule has 0 aliphatic carbocycles. The minimum absolute atomic E-state index is 0.260. The summed E-state index contributed by atoms with van der Waals surface area (Å²) in [6, 6.07) is 17.1. The molecule has 0 spiro atoms. The van der Waals surface area contributed by atoms with E-state index < -0.39 is 0 Å². The topological polar surface area (TPSA) is 52.7 Å². The maximum absolute atomic E-state index is 13.3. The van der Waals surface area contributed by atoms with Crippen LogP contribution in [0.5, 0.6) is 0 Å². The Morgan fingerprint density at radius 3 is 2.21 bits per heavy atom. The first-order valence-electron chi connectivity index (χ1n) is 9.62. The number of hydrogen-bond acceptors (Lipinski definition) is 4. The molecular formula is C23H21N3O2. The Morgan fingerprint density at radius 2 is 1.50 bits per heavy atom. The molecule has 5 rings (SSSR count). The van der Waals surface area contributed by atoms with Crippen molar-refractivity contribution in [1.29, 1.82) is 0 Å². The summed E-state index contributed by atoms with van der Waals surface area (Å²) in [7, 11) is 0. The maximum Gasteiger partial charge on any atom is 0.265 e. The molecule has 140 valence electrons. The number of benzene rings is 3. The third-order valence-corrected chi connectivity index (χ3v) is 5.63. The van der Waals surface area contributed by atoms with E-state index in [2.05, 4.69) is 10.2 Å². The van der Waals surface area contributed by atoms with Gasteiger partial charge in [0, 0.05) is 53.8 Å². The predicted molar refractivity (Wildman–Crippen MR) is 111 cm³/mol. The molecule has 28 heavy (non-hydrogen) atoms. The molecule has 3 aromatic carbocycles. The van der Waals surface area contributed by atoms with Crippen molar-refractivity contribution in [3.63, 3.8) is 0 Å². The highest BCUT2D eigenvalue weighted by Crippen LogP contribution is 2.37. The predicted octanol–water partition coefficient (Wildman–Crippen LogP) is 3.36. The summed E-state index contributed by atoms with van der Waals surface area (Å²) in [6.45, 7) is 5.67. The van der Waals surface area contributed by atoms with E-state index in [9.17, 15) is 9.59 Å². The van der Waals surface area contributed by atoms with Crippen LogP contribution in [-0.2, 0) is 0 Å². The van der Waals surface area contributed by atoms with Crippen molar-refractivity contribution in [1.82, 2.24) is 5.32 Å². The molecule has 2 amide bonds. The van der Waals surface area contributed by atoms with E-state index in [1.54, 1.807) is 0 Å². The van der Waals surface area contributed by atoms with Crippen molar-refractivity contribution in [2.45, 2.75) is 6.92 Å². The van der Waals surface area contributed by atoms with Gasteiger partial charge in [-0.2, -0.15) is 0 Å². The summed E-state index contributed by atoms with van der Waals surface area (Å²) in [6.07, 6.45) is 0. The van der Waals surface area contributed by atoms with Crippen LogP contribution < -0.4 is 15.1 Å². The molecule has 2 aliphatic heterocycles. The van der Waals surface area contributed by atoms with Crippen LogP contribution in [0.25, 0.3) is 10.8 Å². The molecule has 1 fully saturated rings. The van der Waals surface area contributed by atoms with E-state index in [1.807, 2.05) is 61.5 Å². The number of amides is 2. The molecule has 5 nitrogen and oxygen atoms in total. The van der Waals surface area contributed by atoms with Gasteiger partial charge in [0.2, 0.25) is 0 Å². The van der Waals surface area contributed by atoms with Crippen molar-refractivity contribution in [3.8, 4) is 0 Å². The fraction of sp³-hybridized carbons (Fsp3) is 0.217. The van der Waals surface area contributed by atoms with Gasteiger partial charge in [0.25, 0.3) is 11.8 Å². The third kappa shape index (κ3) is 2.51. The monoisotopic (exact) mass is 371 g/mol. The van der Waals surface area contributed by atoms with Crippen LogP contribution in [0.4, 0.5) is 11.4 Å². The van der Waals surface area contributed by atoms with Gasteiger partial charge in [-0.05, 0) is 37.3 Å². The Kier molecular flexibility index (Phi) is 3.91. The second-order valence-electron chi connectivity index (χ2n) is 7.38. The first-order valence-corrected chi connectivity index (χ1v) is 9.62. The van der Waals surface area contributed by atoms with E-state index in [0.717, 1.165) is 48.2 Å². The maximum atomic E-state index is 13.3. The number of nitrogens with one attached hydrogen (secondary N) is 1. The minimum Gasteiger partial charge on any atom is -0.368 e. The number of imide groups is 1. The summed E-state index contributed by atoms with van der Waals surface area (Å²) in [4.78, 5) is 30.1. The lowest BCUT2D eigenvalue weighted by molar-refractivity contribution is 0.0893. The average molecular weight is 371 g/mol. The van der Waals surface area contributed by atoms with Gasteiger partial charge in [-0.3, -0.25) is 9.59 Å². The van der Waals surface area contributed by atoms with Gasteiger partial charge >= 0.3 is 0 Å². The Bertz CT molecular complexity index is 1080. The average Bonchev–Trinajstić information content (AvgIpc) is 2.73. The van der Waals surface area contributed by atoms with E-state index in [4.69, 9.17) is 0 Å². The molecule has 2 heterocycles. The normalized spacial score (nSPS) is 16.8. The Balaban J connectivity index is 1.68. The Morgan fingerprint density at radius 1 is 0.821 bits per heavy atom. The van der Waals surface area contributed by atoms with E-state index in [1.165, 1.54) is 4.90 Å². The number of anilines is 2. The molecule has 0 bridgehead atoms. The molecule has 0 aromatic heterocycles.